The molecular formula is C21H19N3O7. The largest absolute Gasteiger partial charge is 0.479 e. The summed E-state index contributed by atoms with van der Waals surface area (Å²) in [6.45, 7) is 1.46. The molecule has 4 rings (SSSR count). The number of hydrogen-bond donors (Lipinski definition) is 0. The van der Waals surface area contributed by atoms with E-state index >= 15 is 0 Å². The third-order valence-electron chi connectivity index (χ3n) is 4.89. The van der Waals surface area contributed by atoms with E-state index in [1.807, 2.05) is 0 Å². The van der Waals surface area contributed by atoms with Gasteiger partial charge in [-0.3, -0.25) is 19.7 Å². The molecule has 160 valence electrons. The highest BCUT2D eigenvalue weighted by molar-refractivity contribution is 5.93. The van der Waals surface area contributed by atoms with E-state index in [1.165, 1.54) is 18.4 Å². The van der Waals surface area contributed by atoms with Crippen LogP contribution in [-0.4, -0.2) is 52.7 Å². The molecule has 31 heavy (non-hydrogen) atoms. The minimum atomic E-state index is -0.525. The summed E-state index contributed by atoms with van der Waals surface area (Å²) in [5.41, 5.74) is -0.146. The second kappa shape index (κ2) is 8.74. The predicted molar refractivity (Wildman–Crippen MR) is 107 cm³/mol. The molecule has 3 heterocycles. The fraction of sp³-hybridized carbons (Fsp3) is 0.238. The van der Waals surface area contributed by atoms with Crippen LogP contribution in [0.15, 0.2) is 63.6 Å². The molecule has 10 nitrogen and oxygen atoms in total. The maximum atomic E-state index is 12.7. The molecule has 0 atom stereocenters. The van der Waals surface area contributed by atoms with Crippen molar-refractivity contribution >= 4 is 17.5 Å². The molecule has 1 saturated heterocycles. The quantitative estimate of drug-likeness (QED) is 0.440. The Balaban J connectivity index is 1.33. The highest BCUT2D eigenvalue weighted by atomic mass is 16.6. The Morgan fingerprint density at radius 3 is 2.26 bits per heavy atom. The Morgan fingerprint density at radius 2 is 1.61 bits per heavy atom. The van der Waals surface area contributed by atoms with E-state index in [4.69, 9.17) is 13.6 Å². The van der Waals surface area contributed by atoms with Gasteiger partial charge in [0.25, 0.3) is 11.8 Å². The van der Waals surface area contributed by atoms with Crippen molar-refractivity contribution in [3.05, 3.63) is 82.2 Å². The van der Waals surface area contributed by atoms with Crippen LogP contribution < -0.4 is 4.74 Å². The van der Waals surface area contributed by atoms with Gasteiger partial charge >= 0.3 is 5.69 Å². The Kier molecular flexibility index (Phi) is 5.69. The fourth-order valence-corrected chi connectivity index (χ4v) is 3.27. The van der Waals surface area contributed by atoms with Crippen LogP contribution in [0.4, 0.5) is 5.69 Å². The van der Waals surface area contributed by atoms with Gasteiger partial charge in [0, 0.05) is 32.2 Å². The Hall–Kier alpha value is -4.08. The lowest BCUT2D eigenvalue weighted by molar-refractivity contribution is -0.386. The molecule has 0 N–H and O–H groups in total. The molecule has 2 amide bonds. The highest BCUT2D eigenvalue weighted by Crippen LogP contribution is 2.27. The van der Waals surface area contributed by atoms with Crippen LogP contribution in [0, 0.1) is 10.1 Å². The number of carbonyl (C=O) groups excluding carboxylic acids is 2. The van der Waals surface area contributed by atoms with Gasteiger partial charge < -0.3 is 23.4 Å². The zero-order valence-corrected chi connectivity index (χ0v) is 16.4. The van der Waals surface area contributed by atoms with Gasteiger partial charge in [-0.2, -0.15) is 0 Å². The van der Waals surface area contributed by atoms with E-state index in [1.54, 1.807) is 46.2 Å². The molecule has 1 aliphatic rings. The lowest BCUT2D eigenvalue weighted by Gasteiger charge is -2.33. The second-order valence-corrected chi connectivity index (χ2v) is 6.84. The number of amides is 2. The van der Waals surface area contributed by atoms with Crippen molar-refractivity contribution in [2.24, 2.45) is 0 Å². The predicted octanol–water partition coefficient (Wildman–Crippen LogP) is 2.96. The number of nitro groups is 1. The SMILES string of the molecule is O=C(c1ccco1)N1CCN(C(=O)c2ccc(COc3ccccc3[N+](=O)[O-])o2)CC1. The normalized spacial score (nSPS) is 13.8. The van der Waals surface area contributed by atoms with E-state index in [0.29, 0.717) is 31.9 Å². The number of rotatable bonds is 6. The Labute approximate surface area is 176 Å². The maximum Gasteiger partial charge on any atom is 0.310 e. The number of hydrogen-bond acceptors (Lipinski definition) is 7. The van der Waals surface area contributed by atoms with E-state index in [9.17, 15) is 19.7 Å². The van der Waals surface area contributed by atoms with Crippen molar-refractivity contribution in [1.29, 1.82) is 0 Å². The van der Waals surface area contributed by atoms with E-state index < -0.39 is 4.92 Å². The van der Waals surface area contributed by atoms with E-state index in [2.05, 4.69) is 0 Å². The molecule has 1 fully saturated rings. The average Bonchev–Trinajstić information content (AvgIpc) is 3.49. The molecule has 2 aromatic heterocycles. The summed E-state index contributed by atoms with van der Waals surface area (Å²) in [5.74, 6) is 0.412. The number of ether oxygens (including phenoxy) is 1. The summed E-state index contributed by atoms with van der Waals surface area (Å²) in [4.78, 5) is 38.8. The molecule has 1 aliphatic heterocycles. The lowest BCUT2D eigenvalue weighted by atomic mass is 10.2. The van der Waals surface area contributed by atoms with Gasteiger partial charge in [-0.15, -0.1) is 0 Å². The topological polar surface area (TPSA) is 119 Å². The summed E-state index contributed by atoms with van der Waals surface area (Å²) < 4.78 is 16.2. The number of para-hydroxylation sites is 2. The van der Waals surface area contributed by atoms with Crippen molar-refractivity contribution in [1.82, 2.24) is 9.80 Å². The standard InChI is InChI=1S/C21H19N3O7/c25-20(18-6-3-13-29-18)22-9-11-23(12-10-22)21(26)19-8-7-15(31-19)14-30-17-5-2-1-4-16(17)24(27)28/h1-8,13H,9-12,14H2. The van der Waals surface area contributed by atoms with Crippen LogP contribution in [-0.2, 0) is 6.61 Å². The minimum absolute atomic E-state index is 0.0520. The number of nitrogens with zero attached hydrogens (tertiary/aromatic N) is 3. The molecule has 0 aliphatic carbocycles. The van der Waals surface area contributed by atoms with Gasteiger partial charge in [0.1, 0.15) is 12.4 Å². The number of carbonyl (C=O) groups is 2. The zero-order valence-electron chi connectivity index (χ0n) is 16.4. The number of nitro benzene ring substituents is 1. The van der Waals surface area contributed by atoms with Gasteiger partial charge in [-0.1, -0.05) is 12.1 Å². The average molecular weight is 425 g/mol. The van der Waals surface area contributed by atoms with Crippen molar-refractivity contribution in [2.75, 3.05) is 26.2 Å². The summed E-state index contributed by atoms with van der Waals surface area (Å²) in [6, 6.07) is 12.4. The zero-order chi connectivity index (χ0) is 21.8. The van der Waals surface area contributed by atoms with Crippen LogP contribution >= 0.6 is 0 Å². The molecule has 0 bridgehead atoms. The van der Waals surface area contributed by atoms with Crippen molar-refractivity contribution < 1.29 is 28.1 Å². The first-order valence-electron chi connectivity index (χ1n) is 9.60. The van der Waals surface area contributed by atoms with Crippen LogP contribution in [0.25, 0.3) is 0 Å². The third-order valence-corrected chi connectivity index (χ3v) is 4.89. The number of benzene rings is 1. The van der Waals surface area contributed by atoms with Gasteiger partial charge in [0.05, 0.1) is 11.2 Å². The van der Waals surface area contributed by atoms with Crippen LogP contribution in [0.3, 0.4) is 0 Å². The summed E-state index contributed by atoms with van der Waals surface area (Å²) >= 11 is 0. The molecule has 0 saturated carbocycles. The maximum absolute atomic E-state index is 12.7. The molecule has 3 aromatic rings. The molecule has 0 unspecified atom stereocenters. The summed E-state index contributed by atoms with van der Waals surface area (Å²) in [5, 5.41) is 11.1. The van der Waals surface area contributed by atoms with Gasteiger partial charge in [0.15, 0.2) is 17.3 Å². The first-order chi connectivity index (χ1) is 15.0. The first-order valence-corrected chi connectivity index (χ1v) is 9.60. The number of furan rings is 2. The van der Waals surface area contributed by atoms with Crippen LogP contribution in [0.5, 0.6) is 5.75 Å². The van der Waals surface area contributed by atoms with Crippen LogP contribution in [0.1, 0.15) is 26.9 Å². The van der Waals surface area contributed by atoms with E-state index in [0.717, 1.165) is 0 Å². The monoisotopic (exact) mass is 425 g/mol. The molecule has 1 aromatic carbocycles. The van der Waals surface area contributed by atoms with Crippen molar-refractivity contribution in [3.8, 4) is 5.75 Å². The summed E-state index contributed by atoms with van der Waals surface area (Å²) in [6.07, 6.45) is 1.45. The Morgan fingerprint density at radius 1 is 0.935 bits per heavy atom. The minimum Gasteiger partial charge on any atom is -0.479 e. The highest BCUT2D eigenvalue weighted by Gasteiger charge is 2.28. The molecular weight excluding hydrogens is 406 g/mol. The fourth-order valence-electron chi connectivity index (χ4n) is 3.27. The Bertz CT molecular complexity index is 1080. The van der Waals surface area contributed by atoms with Gasteiger partial charge in [-0.25, -0.2) is 0 Å². The second-order valence-electron chi connectivity index (χ2n) is 6.84. The third kappa shape index (κ3) is 4.42. The first kappa shape index (κ1) is 20.2. The molecule has 10 heteroatoms. The molecule has 0 radical (unpaired) electrons. The van der Waals surface area contributed by atoms with Gasteiger partial charge in [-0.05, 0) is 30.3 Å². The number of piperazine rings is 1. The lowest BCUT2D eigenvalue weighted by Crippen LogP contribution is -2.50. The van der Waals surface area contributed by atoms with Crippen molar-refractivity contribution in [2.45, 2.75) is 6.61 Å². The van der Waals surface area contributed by atoms with Crippen molar-refractivity contribution in [3.63, 3.8) is 0 Å². The van der Waals surface area contributed by atoms with Crippen LogP contribution in [0.2, 0.25) is 0 Å². The van der Waals surface area contributed by atoms with Gasteiger partial charge in [0.2, 0.25) is 0 Å². The molecule has 0 spiro atoms. The van der Waals surface area contributed by atoms with E-state index in [-0.39, 0.29) is 41.4 Å². The smallest absolute Gasteiger partial charge is 0.310 e. The summed E-state index contributed by atoms with van der Waals surface area (Å²) in [7, 11) is 0.